The average molecular weight is 177 g/mol. The minimum atomic E-state index is -1.32. The van der Waals surface area contributed by atoms with Gasteiger partial charge in [-0.3, -0.25) is 4.90 Å². The van der Waals surface area contributed by atoms with Crippen molar-refractivity contribution in [3.05, 3.63) is 0 Å². The number of hydrogen-bond acceptors (Lipinski definition) is 1. The van der Waals surface area contributed by atoms with Crippen LogP contribution in [0.4, 0.5) is 8.78 Å². The van der Waals surface area contributed by atoms with Crippen molar-refractivity contribution in [2.75, 3.05) is 6.54 Å². The highest BCUT2D eigenvalue weighted by atomic mass is 19.2. The molecule has 0 radical (unpaired) electrons. The van der Waals surface area contributed by atoms with Crippen LogP contribution in [0.15, 0.2) is 0 Å². The number of nitrogens with zero attached hydrogens (tertiary/aromatic N) is 1. The van der Waals surface area contributed by atoms with Gasteiger partial charge in [0, 0.05) is 18.1 Å². The third kappa shape index (κ3) is 1.60. The molecule has 0 unspecified atom stereocenters. The molecule has 72 valence electrons. The predicted octanol–water partition coefficient (Wildman–Crippen LogP) is 2.17. The van der Waals surface area contributed by atoms with Crippen molar-refractivity contribution in [3.63, 3.8) is 0 Å². The Balaban J connectivity index is 2.71. The monoisotopic (exact) mass is 177 g/mol. The van der Waals surface area contributed by atoms with Gasteiger partial charge < -0.3 is 0 Å². The van der Waals surface area contributed by atoms with Crippen molar-refractivity contribution in [1.29, 1.82) is 0 Å². The van der Waals surface area contributed by atoms with Gasteiger partial charge in [0.15, 0.2) is 0 Å². The molecule has 0 saturated carbocycles. The van der Waals surface area contributed by atoms with E-state index in [9.17, 15) is 8.78 Å². The molecule has 1 nitrogen and oxygen atoms in total. The van der Waals surface area contributed by atoms with Crippen LogP contribution >= 0.6 is 0 Å². The smallest absolute Gasteiger partial charge is 0.148 e. The summed E-state index contributed by atoms with van der Waals surface area (Å²) in [5, 5.41) is 0. The first kappa shape index (κ1) is 9.90. The lowest BCUT2D eigenvalue weighted by Gasteiger charge is -2.35. The Kier molecular flexibility index (Phi) is 2.43. The molecule has 1 heterocycles. The normalized spacial score (nSPS) is 39.0. The maximum absolute atomic E-state index is 13.1. The molecule has 12 heavy (non-hydrogen) atoms. The van der Waals surface area contributed by atoms with Gasteiger partial charge in [0.25, 0.3) is 0 Å². The van der Waals surface area contributed by atoms with Gasteiger partial charge >= 0.3 is 0 Å². The molecule has 0 amide bonds. The first-order chi connectivity index (χ1) is 5.34. The Labute approximate surface area is 72.7 Å². The number of alkyl halides is 2. The highest BCUT2D eigenvalue weighted by molar-refractivity contribution is 4.96. The van der Waals surface area contributed by atoms with Crippen LogP contribution in [0, 0.1) is 0 Å². The Morgan fingerprint density at radius 1 is 1.25 bits per heavy atom. The molecule has 0 aromatic carbocycles. The second-order valence-electron chi connectivity index (χ2n) is 4.52. The quantitative estimate of drug-likeness (QED) is 0.548. The van der Waals surface area contributed by atoms with Gasteiger partial charge in [-0.25, -0.2) is 8.78 Å². The second-order valence-corrected chi connectivity index (χ2v) is 4.52. The molecule has 1 fully saturated rings. The summed E-state index contributed by atoms with van der Waals surface area (Å²) in [4.78, 5) is 1.88. The second kappa shape index (κ2) is 2.95. The van der Waals surface area contributed by atoms with Crippen LogP contribution in [0.1, 0.15) is 27.7 Å². The number of likely N-dealkylation sites (tertiary alicyclic amines) is 1. The molecule has 0 aliphatic carbocycles. The van der Waals surface area contributed by atoms with E-state index < -0.39 is 12.3 Å². The highest BCUT2D eigenvalue weighted by Gasteiger charge is 2.43. The summed E-state index contributed by atoms with van der Waals surface area (Å²) >= 11 is 0. The summed E-state index contributed by atoms with van der Waals surface area (Å²) in [6.07, 6.45) is -2.62. The molecule has 1 saturated heterocycles. The van der Waals surface area contributed by atoms with Crippen molar-refractivity contribution in [2.24, 2.45) is 0 Å². The van der Waals surface area contributed by atoms with Gasteiger partial charge in [-0.2, -0.15) is 0 Å². The number of hydrogen-bond donors (Lipinski definition) is 0. The molecule has 0 aromatic heterocycles. The molecule has 3 atom stereocenters. The Hall–Kier alpha value is -0.180. The van der Waals surface area contributed by atoms with Crippen molar-refractivity contribution in [3.8, 4) is 0 Å². The van der Waals surface area contributed by atoms with Crippen LogP contribution in [-0.2, 0) is 0 Å². The lowest BCUT2D eigenvalue weighted by Crippen LogP contribution is -2.44. The Morgan fingerprint density at radius 3 is 1.92 bits per heavy atom. The standard InChI is InChI=1S/C9H17F2N/c1-6-8(11)7(10)5-12(6)9(2,3)4/h6-8H,5H2,1-4H3/t6-,7+,8-/m1/s1. The summed E-state index contributed by atoms with van der Waals surface area (Å²) in [5.41, 5.74) is -0.134. The van der Waals surface area contributed by atoms with E-state index in [-0.39, 0.29) is 18.1 Å². The summed E-state index contributed by atoms with van der Waals surface area (Å²) in [6, 6.07) is -0.292. The zero-order chi connectivity index (χ0) is 9.52. The van der Waals surface area contributed by atoms with E-state index in [1.54, 1.807) is 6.92 Å². The largest absolute Gasteiger partial charge is 0.290 e. The van der Waals surface area contributed by atoms with Crippen LogP contribution in [0.5, 0.6) is 0 Å². The first-order valence-electron chi connectivity index (χ1n) is 4.39. The maximum atomic E-state index is 13.1. The molecule has 0 bridgehead atoms. The number of halogens is 2. The molecular formula is C9H17F2N. The van der Waals surface area contributed by atoms with Gasteiger partial charge in [-0.15, -0.1) is 0 Å². The lowest BCUT2D eigenvalue weighted by molar-refractivity contribution is 0.107. The molecule has 3 heteroatoms. The third-order valence-electron chi connectivity index (χ3n) is 2.53. The highest BCUT2D eigenvalue weighted by Crippen LogP contribution is 2.29. The fourth-order valence-corrected chi connectivity index (χ4v) is 1.81. The predicted molar refractivity (Wildman–Crippen MR) is 45.7 cm³/mol. The van der Waals surface area contributed by atoms with Gasteiger partial charge in [0.05, 0.1) is 0 Å². The molecule has 0 N–H and O–H groups in total. The number of rotatable bonds is 0. The van der Waals surface area contributed by atoms with Crippen LogP contribution < -0.4 is 0 Å². The summed E-state index contributed by atoms with van der Waals surface area (Å²) in [5.74, 6) is 0. The first-order valence-corrected chi connectivity index (χ1v) is 4.39. The molecule has 0 spiro atoms. The summed E-state index contributed by atoms with van der Waals surface area (Å²) < 4.78 is 26.0. The van der Waals surface area contributed by atoms with Gasteiger partial charge in [-0.05, 0) is 27.7 Å². The molecule has 1 aliphatic rings. The lowest BCUT2D eigenvalue weighted by atomic mass is 10.1. The molecule has 1 aliphatic heterocycles. The fourth-order valence-electron chi connectivity index (χ4n) is 1.81. The van der Waals surface area contributed by atoms with Crippen molar-refractivity contribution in [2.45, 2.75) is 51.6 Å². The van der Waals surface area contributed by atoms with Gasteiger partial charge in [-0.1, -0.05) is 0 Å². The summed E-state index contributed by atoms with van der Waals surface area (Å²) in [7, 11) is 0. The zero-order valence-corrected chi connectivity index (χ0v) is 8.14. The minimum Gasteiger partial charge on any atom is -0.290 e. The van der Waals surface area contributed by atoms with Gasteiger partial charge in [0.1, 0.15) is 12.3 Å². The minimum absolute atomic E-state index is 0.134. The van der Waals surface area contributed by atoms with E-state index in [1.807, 2.05) is 25.7 Å². The Bertz CT molecular complexity index is 164. The van der Waals surface area contributed by atoms with Crippen LogP contribution in [0.2, 0.25) is 0 Å². The van der Waals surface area contributed by atoms with E-state index in [0.29, 0.717) is 0 Å². The fraction of sp³-hybridized carbons (Fsp3) is 1.00. The topological polar surface area (TPSA) is 3.24 Å². The van der Waals surface area contributed by atoms with Crippen molar-refractivity contribution < 1.29 is 8.78 Å². The third-order valence-corrected chi connectivity index (χ3v) is 2.53. The van der Waals surface area contributed by atoms with E-state index in [2.05, 4.69) is 0 Å². The van der Waals surface area contributed by atoms with Crippen molar-refractivity contribution >= 4 is 0 Å². The SMILES string of the molecule is C[C@@H]1[C@@H](F)[C@@H](F)CN1C(C)(C)C. The average Bonchev–Trinajstić information content (AvgIpc) is 2.15. The zero-order valence-electron chi connectivity index (χ0n) is 8.14. The van der Waals surface area contributed by atoms with E-state index >= 15 is 0 Å². The van der Waals surface area contributed by atoms with Crippen LogP contribution in [0.3, 0.4) is 0 Å². The Morgan fingerprint density at radius 2 is 1.75 bits per heavy atom. The van der Waals surface area contributed by atoms with Crippen LogP contribution in [-0.4, -0.2) is 35.4 Å². The molecular weight excluding hydrogens is 160 g/mol. The van der Waals surface area contributed by atoms with E-state index in [0.717, 1.165) is 0 Å². The van der Waals surface area contributed by atoms with E-state index in [4.69, 9.17) is 0 Å². The van der Waals surface area contributed by atoms with E-state index in [1.165, 1.54) is 0 Å². The molecule has 0 aromatic rings. The van der Waals surface area contributed by atoms with Crippen LogP contribution in [0.25, 0.3) is 0 Å². The summed E-state index contributed by atoms with van der Waals surface area (Å²) in [6.45, 7) is 7.91. The maximum Gasteiger partial charge on any atom is 0.148 e. The molecule has 1 rings (SSSR count). The van der Waals surface area contributed by atoms with Crippen molar-refractivity contribution in [1.82, 2.24) is 4.90 Å². The van der Waals surface area contributed by atoms with Gasteiger partial charge in [0.2, 0.25) is 0 Å².